The van der Waals surface area contributed by atoms with Crippen LogP contribution in [-0.4, -0.2) is 37.1 Å². The zero-order valence-corrected chi connectivity index (χ0v) is 15.1. The molecule has 1 saturated heterocycles. The topological polar surface area (TPSA) is 29.5 Å². The van der Waals surface area contributed by atoms with Gasteiger partial charge in [-0.05, 0) is 50.0 Å². The second-order valence-electron chi connectivity index (χ2n) is 7.75. The number of hydrogen-bond donors (Lipinski definition) is 0. The van der Waals surface area contributed by atoms with E-state index in [9.17, 15) is 4.79 Å². The van der Waals surface area contributed by atoms with Crippen molar-refractivity contribution in [2.24, 2.45) is 17.8 Å². The van der Waals surface area contributed by atoms with E-state index in [0.717, 1.165) is 44.7 Å². The van der Waals surface area contributed by atoms with Gasteiger partial charge >= 0.3 is 0 Å². The van der Waals surface area contributed by atoms with Crippen molar-refractivity contribution < 1.29 is 9.53 Å². The summed E-state index contributed by atoms with van der Waals surface area (Å²) < 4.78 is 5.73. The Kier molecular flexibility index (Phi) is 5.94. The van der Waals surface area contributed by atoms with Crippen molar-refractivity contribution in [3.63, 3.8) is 0 Å². The van der Waals surface area contributed by atoms with Crippen LogP contribution in [0.25, 0.3) is 0 Å². The van der Waals surface area contributed by atoms with E-state index in [1.165, 1.54) is 18.4 Å². The first-order valence-electron chi connectivity index (χ1n) is 9.53. The molecule has 132 valence electrons. The van der Waals surface area contributed by atoms with Gasteiger partial charge in [-0.15, -0.1) is 0 Å². The Morgan fingerprint density at radius 1 is 1.12 bits per heavy atom. The summed E-state index contributed by atoms with van der Waals surface area (Å²) in [6.45, 7) is 4.01. The molecule has 1 saturated carbocycles. The highest BCUT2D eigenvalue weighted by Crippen LogP contribution is 2.31. The van der Waals surface area contributed by atoms with Gasteiger partial charge in [0.1, 0.15) is 0 Å². The van der Waals surface area contributed by atoms with Crippen molar-refractivity contribution in [3.05, 3.63) is 35.9 Å². The molecule has 1 aliphatic carbocycles. The monoisotopic (exact) mass is 329 g/mol. The molecular weight excluding hydrogens is 298 g/mol. The van der Waals surface area contributed by atoms with Crippen LogP contribution < -0.4 is 0 Å². The molecule has 0 spiro atoms. The lowest BCUT2D eigenvalue weighted by Crippen LogP contribution is -2.49. The lowest BCUT2D eigenvalue weighted by atomic mass is 9.81. The highest BCUT2D eigenvalue weighted by Gasteiger charge is 2.35. The molecule has 1 heterocycles. The standard InChI is InChI=1S/C21H31NO2/c1-16-8-10-18(11-9-16)21(23)22-13-12-20(24-2)19(15-22)14-17-6-4-3-5-7-17/h3-7,16,18-20H,8-15H2,1-2H3/t16?,18?,19-,20-/m1/s1. The predicted molar refractivity (Wildman–Crippen MR) is 96.8 cm³/mol. The van der Waals surface area contributed by atoms with Gasteiger partial charge in [-0.25, -0.2) is 0 Å². The van der Waals surface area contributed by atoms with Gasteiger partial charge in [-0.1, -0.05) is 37.3 Å². The van der Waals surface area contributed by atoms with Crippen LogP contribution in [-0.2, 0) is 16.0 Å². The summed E-state index contributed by atoms with van der Waals surface area (Å²) in [5, 5.41) is 0. The van der Waals surface area contributed by atoms with E-state index >= 15 is 0 Å². The average molecular weight is 329 g/mol. The number of likely N-dealkylation sites (tertiary alicyclic amines) is 1. The predicted octanol–water partition coefficient (Wildman–Crippen LogP) is 3.92. The van der Waals surface area contributed by atoms with E-state index < -0.39 is 0 Å². The maximum atomic E-state index is 12.9. The maximum absolute atomic E-state index is 12.9. The van der Waals surface area contributed by atoms with E-state index in [1.54, 1.807) is 0 Å². The third kappa shape index (κ3) is 4.18. The second kappa shape index (κ2) is 8.15. The molecule has 1 amide bonds. The van der Waals surface area contributed by atoms with E-state index in [0.29, 0.717) is 11.8 Å². The summed E-state index contributed by atoms with van der Waals surface area (Å²) in [5.74, 6) is 1.85. The summed E-state index contributed by atoms with van der Waals surface area (Å²) in [5.41, 5.74) is 1.34. The van der Waals surface area contributed by atoms with Crippen molar-refractivity contribution in [3.8, 4) is 0 Å². The molecule has 3 rings (SSSR count). The van der Waals surface area contributed by atoms with Crippen LogP contribution in [0.3, 0.4) is 0 Å². The number of amides is 1. The van der Waals surface area contributed by atoms with Crippen LogP contribution in [0.1, 0.15) is 44.6 Å². The summed E-state index contributed by atoms with van der Waals surface area (Å²) in [6, 6.07) is 10.6. The Labute approximate surface area is 146 Å². The van der Waals surface area contributed by atoms with Crippen molar-refractivity contribution in [1.29, 1.82) is 0 Å². The molecule has 2 aliphatic rings. The molecule has 2 atom stereocenters. The van der Waals surface area contributed by atoms with Crippen LogP contribution in [0.2, 0.25) is 0 Å². The summed E-state index contributed by atoms with van der Waals surface area (Å²) >= 11 is 0. The molecular formula is C21H31NO2. The number of rotatable bonds is 4. The quantitative estimate of drug-likeness (QED) is 0.838. The Balaban J connectivity index is 1.62. The third-order valence-corrected chi connectivity index (χ3v) is 5.98. The number of ether oxygens (including phenoxy) is 1. The third-order valence-electron chi connectivity index (χ3n) is 5.98. The Hall–Kier alpha value is -1.35. The summed E-state index contributed by atoms with van der Waals surface area (Å²) in [4.78, 5) is 15.1. The van der Waals surface area contributed by atoms with Crippen LogP contribution in [0.5, 0.6) is 0 Å². The zero-order chi connectivity index (χ0) is 16.9. The first-order valence-corrected chi connectivity index (χ1v) is 9.53. The second-order valence-corrected chi connectivity index (χ2v) is 7.75. The van der Waals surface area contributed by atoms with E-state index in [-0.39, 0.29) is 12.0 Å². The summed E-state index contributed by atoms with van der Waals surface area (Å²) in [7, 11) is 1.81. The first-order chi connectivity index (χ1) is 11.7. The Morgan fingerprint density at radius 3 is 2.50 bits per heavy atom. The van der Waals surface area contributed by atoms with Crippen molar-refractivity contribution >= 4 is 5.91 Å². The fourth-order valence-electron chi connectivity index (χ4n) is 4.40. The van der Waals surface area contributed by atoms with Gasteiger partial charge in [0.25, 0.3) is 0 Å². The molecule has 24 heavy (non-hydrogen) atoms. The highest BCUT2D eigenvalue weighted by atomic mass is 16.5. The Bertz CT molecular complexity index is 522. The fraction of sp³-hybridized carbons (Fsp3) is 0.667. The Morgan fingerprint density at radius 2 is 1.83 bits per heavy atom. The van der Waals surface area contributed by atoms with Crippen LogP contribution in [0, 0.1) is 17.8 Å². The number of carbonyl (C=O) groups excluding carboxylic acids is 1. The van der Waals surface area contributed by atoms with Gasteiger partial charge in [0.2, 0.25) is 5.91 Å². The zero-order valence-electron chi connectivity index (χ0n) is 15.1. The molecule has 0 aromatic heterocycles. The molecule has 0 radical (unpaired) electrons. The maximum Gasteiger partial charge on any atom is 0.225 e. The fourth-order valence-corrected chi connectivity index (χ4v) is 4.40. The van der Waals surface area contributed by atoms with Gasteiger partial charge in [-0.2, -0.15) is 0 Å². The van der Waals surface area contributed by atoms with Gasteiger partial charge in [-0.3, -0.25) is 4.79 Å². The van der Waals surface area contributed by atoms with Gasteiger partial charge in [0, 0.05) is 32.0 Å². The minimum Gasteiger partial charge on any atom is -0.381 e. The number of nitrogens with zero attached hydrogens (tertiary/aromatic N) is 1. The van der Waals surface area contributed by atoms with Crippen LogP contribution in [0.15, 0.2) is 30.3 Å². The normalized spacial score (nSPS) is 31.0. The van der Waals surface area contributed by atoms with Crippen molar-refractivity contribution in [2.75, 3.05) is 20.2 Å². The average Bonchev–Trinajstić information content (AvgIpc) is 2.62. The molecule has 3 nitrogen and oxygen atoms in total. The number of methoxy groups -OCH3 is 1. The minimum absolute atomic E-state index is 0.262. The van der Waals surface area contributed by atoms with Gasteiger partial charge < -0.3 is 9.64 Å². The summed E-state index contributed by atoms with van der Waals surface area (Å²) in [6.07, 6.45) is 6.78. The van der Waals surface area contributed by atoms with Crippen molar-refractivity contribution in [2.45, 2.75) is 51.6 Å². The number of carbonyl (C=O) groups is 1. The number of benzene rings is 1. The largest absolute Gasteiger partial charge is 0.381 e. The van der Waals surface area contributed by atoms with Gasteiger partial charge in [0.05, 0.1) is 6.10 Å². The number of hydrogen-bond acceptors (Lipinski definition) is 2. The molecule has 0 bridgehead atoms. The number of piperidine rings is 1. The van der Waals surface area contributed by atoms with Crippen LogP contribution in [0.4, 0.5) is 0 Å². The van der Waals surface area contributed by atoms with Crippen molar-refractivity contribution in [1.82, 2.24) is 4.90 Å². The van der Waals surface area contributed by atoms with Crippen LogP contribution >= 0.6 is 0 Å². The van der Waals surface area contributed by atoms with E-state index in [2.05, 4.69) is 42.2 Å². The smallest absolute Gasteiger partial charge is 0.225 e. The van der Waals surface area contributed by atoms with E-state index in [1.807, 2.05) is 7.11 Å². The lowest BCUT2D eigenvalue weighted by molar-refractivity contribution is -0.141. The molecule has 0 unspecified atom stereocenters. The van der Waals surface area contributed by atoms with E-state index in [4.69, 9.17) is 4.74 Å². The van der Waals surface area contributed by atoms with Gasteiger partial charge in [0.15, 0.2) is 0 Å². The SMILES string of the molecule is CO[C@@H]1CCN(C(=O)C2CCC(C)CC2)C[C@H]1Cc1ccccc1. The molecule has 2 fully saturated rings. The molecule has 1 aliphatic heterocycles. The lowest BCUT2D eigenvalue weighted by Gasteiger charge is -2.40. The molecule has 0 N–H and O–H groups in total. The minimum atomic E-state index is 0.262. The highest BCUT2D eigenvalue weighted by molar-refractivity contribution is 5.79. The molecule has 3 heteroatoms. The first kappa shape index (κ1) is 17.5. The molecule has 1 aromatic carbocycles. The molecule has 1 aromatic rings.